The highest BCUT2D eigenvalue weighted by Crippen LogP contribution is 2.20. The van der Waals surface area contributed by atoms with Crippen molar-refractivity contribution in [3.63, 3.8) is 0 Å². The third-order valence-corrected chi connectivity index (χ3v) is 3.01. The summed E-state index contributed by atoms with van der Waals surface area (Å²) >= 11 is 0. The summed E-state index contributed by atoms with van der Waals surface area (Å²) in [6, 6.07) is 7.64. The molecule has 0 aromatic heterocycles. The number of nitrogen functional groups attached to an aromatic ring is 1. The maximum atomic E-state index is 5.96. The van der Waals surface area contributed by atoms with Crippen LogP contribution in [0.15, 0.2) is 36.9 Å². The third-order valence-electron chi connectivity index (χ3n) is 3.01. The van der Waals surface area contributed by atoms with Gasteiger partial charge in [0, 0.05) is 24.8 Å². The summed E-state index contributed by atoms with van der Waals surface area (Å²) in [7, 11) is 0. The number of benzene rings is 1. The Morgan fingerprint density at radius 1 is 1.53 bits per heavy atom. The van der Waals surface area contributed by atoms with Gasteiger partial charge in [-0.2, -0.15) is 0 Å². The Kier molecular flexibility index (Phi) is 4.04. The second kappa shape index (κ2) is 5.73. The predicted molar refractivity (Wildman–Crippen MR) is 71.1 cm³/mol. The van der Waals surface area contributed by atoms with Gasteiger partial charge >= 0.3 is 0 Å². The molecular weight excluding hydrogens is 212 g/mol. The van der Waals surface area contributed by atoms with Crippen LogP contribution < -0.4 is 10.5 Å². The zero-order valence-electron chi connectivity index (χ0n) is 10.1. The summed E-state index contributed by atoms with van der Waals surface area (Å²) in [5, 5.41) is 0. The van der Waals surface area contributed by atoms with E-state index in [1.165, 1.54) is 6.42 Å². The van der Waals surface area contributed by atoms with Gasteiger partial charge in [0.1, 0.15) is 11.9 Å². The van der Waals surface area contributed by atoms with Crippen LogP contribution >= 0.6 is 0 Å². The van der Waals surface area contributed by atoms with Gasteiger partial charge in [0.25, 0.3) is 0 Å². The molecule has 0 bridgehead atoms. The lowest BCUT2D eigenvalue weighted by Gasteiger charge is -2.32. The standard InChI is InChI=1S/C14H20N2O/c1-2-8-16-9-4-7-14(11-16)17-13-6-3-5-12(15)10-13/h2-3,5-6,10,14H,1,4,7-9,11,15H2. The smallest absolute Gasteiger partial charge is 0.121 e. The van der Waals surface area contributed by atoms with Crippen molar-refractivity contribution in [3.8, 4) is 5.75 Å². The Hall–Kier alpha value is -1.48. The molecule has 17 heavy (non-hydrogen) atoms. The lowest BCUT2D eigenvalue weighted by atomic mass is 10.1. The molecule has 1 atom stereocenters. The summed E-state index contributed by atoms with van der Waals surface area (Å²) in [5.41, 5.74) is 6.49. The second-order valence-electron chi connectivity index (χ2n) is 4.50. The SMILES string of the molecule is C=CCN1CCCC(Oc2cccc(N)c2)C1. The van der Waals surface area contributed by atoms with Gasteiger partial charge in [-0.3, -0.25) is 4.90 Å². The Morgan fingerprint density at radius 3 is 3.18 bits per heavy atom. The molecule has 0 amide bonds. The van der Waals surface area contributed by atoms with Crippen LogP contribution in [0.25, 0.3) is 0 Å². The molecule has 3 heteroatoms. The Balaban J connectivity index is 1.92. The molecule has 0 radical (unpaired) electrons. The monoisotopic (exact) mass is 232 g/mol. The van der Waals surface area contributed by atoms with Crippen molar-refractivity contribution in [2.45, 2.75) is 18.9 Å². The Morgan fingerprint density at radius 2 is 2.41 bits per heavy atom. The van der Waals surface area contributed by atoms with Crippen molar-refractivity contribution in [2.24, 2.45) is 0 Å². The highest BCUT2D eigenvalue weighted by Gasteiger charge is 2.20. The van der Waals surface area contributed by atoms with Gasteiger partial charge in [0.05, 0.1) is 0 Å². The fourth-order valence-electron chi connectivity index (χ4n) is 2.24. The number of rotatable bonds is 4. The number of ether oxygens (including phenoxy) is 1. The predicted octanol–water partition coefficient (Wildman–Crippen LogP) is 2.30. The normalized spacial score (nSPS) is 21.1. The van der Waals surface area contributed by atoms with Crippen molar-refractivity contribution >= 4 is 5.69 Å². The van der Waals surface area contributed by atoms with Crippen LogP contribution in [0, 0.1) is 0 Å². The van der Waals surface area contributed by atoms with Crippen LogP contribution in [0.5, 0.6) is 5.75 Å². The van der Waals surface area contributed by atoms with Gasteiger partial charge in [-0.25, -0.2) is 0 Å². The maximum absolute atomic E-state index is 5.96. The molecule has 2 rings (SSSR count). The van der Waals surface area contributed by atoms with Crippen LogP contribution in [0.3, 0.4) is 0 Å². The fraction of sp³-hybridized carbons (Fsp3) is 0.429. The van der Waals surface area contributed by atoms with E-state index < -0.39 is 0 Å². The molecule has 0 spiro atoms. The highest BCUT2D eigenvalue weighted by atomic mass is 16.5. The van der Waals surface area contributed by atoms with Gasteiger partial charge in [0.15, 0.2) is 0 Å². The van der Waals surface area contributed by atoms with Gasteiger partial charge in [-0.15, -0.1) is 6.58 Å². The van der Waals surface area contributed by atoms with Gasteiger partial charge in [-0.05, 0) is 31.5 Å². The van der Waals surface area contributed by atoms with Gasteiger partial charge in [-0.1, -0.05) is 12.1 Å². The first-order valence-electron chi connectivity index (χ1n) is 6.13. The average Bonchev–Trinajstić information content (AvgIpc) is 2.30. The van der Waals surface area contributed by atoms with Crippen LogP contribution in [0.4, 0.5) is 5.69 Å². The fourth-order valence-corrected chi connectivity index (χ4v) is 2.24. The van der Waals surface area contributed by atoms with Crippen LogP contribution in [0.1, 0.15) is 12.8 Å². The van der Waals surface area contributed by atoms with Gasteiger partial charge < -0.3 is 10.5 Å². The van der Waals surface area contributed by atoms with E-state index in [-0.39, 0.29) is 6.10 Å². The number of hydrogen-bond donors (Lipinski definition) is 1. The summed E-state index contributed by atoms with van der Waals surface area (Å²) in [4.78, 5) is 2.37. The van der Waals surface area contributed by atoms with Crippen molar-refractivity contribution in [3.05, 3.63) is 36.9 Å². The van der Waals surface area contributed by atoms with E-state index in [1.807, 2.05) is 30.3 Å². The minimum Gasteiger partial charge on any atom is -0.489 e. The average molecular weight is 232 g/mol. The van der Waals surface area contributed by atoms with Crippen LogP contribution in [-0.4, -0.2) is 30.6 Å². The van der Waals surface area contributed by atoms with E-state index in [1.54, 1.807) is 0 Å². The summed E-state index contributed by atoms with van der Waals surface area (Å²) in [6.45, 7) is 6.83. The third kappa shape index (κ3) is 3.49. The largest absolute Gasteiger partial charge is 0.489 e. The lowest BCUT2D eigenvalue weighted by Crippen LogP contribution is -2.41. The Labute approximate surface area is 103 Å². The Bertz CT molecular complexity index is 378. The number of likely N-dealkylation sites (tertiary alicyclic amines) is 1. The molecule has 3 nitrogen and oxygen atoms in total. The molecule has 0 aliphatic carbocycles. The number of piperidine rings is 1. The molecule has 1 aliphatic heterocycles. The van der Waals surface area contributed by atoms with Gasteiger partial charge in [0.2, 0.25) is 0 Å². The van der Waals surface area contributed by atoms with E-state index in [0.29, 0.717) is 0 Å². The molecule has 1 aromatic rings. The number of nitrogens with two attached hydrogens (primary N) is 1. The first-order valence-corrected chi connectivity index (χ1v) is 6.13. The lowest BCUT2D eigenvalue weighted by molar-refractivity contribution is 0.0958. The molecule has 0 saturated carbocycles. The minimum atomic E-state index is 0.269. The summed E-state index contributed by atoms with van der Waals surface area (Å²) < 4.78 is 5.96. The topological polar surface area (TPSA) is 38.5 Å². The molecule has 1 aliphatic rings. The van der Waals surface area contributed by atoms with E-state index in [9.17, 15) is 0 Å². The molecule has 1 aromatic carbocycles. The minimum absolute atomic E-state index is 0.269. The number of anilines is 1. The first kappa shape index (κ1) is 12.0. The van der Waals surface area contributed by atoms with E-state index in [0.717, 1.165) is 37.5 Å². The van der Waals surface area contributed by atoms with Crippen LogP contribution in [0.2, 0.25) is 0 Å². The number of hydrogen-bond acceptors (Lipinski definition) is 3. The second-order valence-corrected chi connectivity index (χ2v) is 4.50. The first-order chi connectivity index (χ1) is 8.28. The van der Waals surface area contributed by atoms with Crippen molar-refractivity contribution in [2.75, 3.05) is 25.4 Å². The van der Waals surface area contributed by atoms with E-state index in [4.69, 9.17) is 10.5 Å². The highest BCUT2D eigenvalue weighted by molar-refractivity contribution is 5.43. The van der Waals surface area contributed by atoms with Crippen molar-refractivity contribution < 1.29 is 4.74 Å². The zero-order valence-corrected chi connectivity index (χ0v) is 10.1. The van der Waals surface area contributed by atoms with Crippen molar-refractivity contribution in [1.82, 2.24) is 4.90 Å². The molecule has 2 N–H and O–H groups in total. The quantitative estimate of drug-likeness (QED) is 0.639. The van der Waals surface area contributed by atoms with Crippen LogP contribution in [-0.2, 0) is 0 Å². The maximum Gasteiger partial charge on any atom is 0.121 e. The molecule has 1 saturated heterocycles. The molecule has 1 unspecified atom stereocenters. The summed E-state index contributed by atoms with van der Waals surface area (Å²) in [5.74, 6) is 0.871. The molecule has 1 heterocycles. The molecular formula is C14H20N2O. The molecule has 1 fully saturated rings. The summed E-state index contributed by atoms with van der Waals surface area (Å²) in [6.07, 6.45) is 4.51. The van der Waals surface area contributed by atoms with E-state index >= 15 is 0 Å². The zero-order chi connectivity index (χ0) is 12.1. The van der Waals surface area contributed by atoms with E-state index in [2.05, 4.69) is 11.5 Å². The van der Waals surface area contributed by atoms with Crippen molar-refractivity contribution in [1.29, 1.82) is 0 Å². The number of nitrogens with zero attached hydrogens (tertiary/aromatic N) is 1. The molecule has 92 valence electrons.